The van der Waals surface area contributed by atoms with Crippen LogP contribution >= 0.6 is 0 Å². The molecule has 1 fully saturated rings. The van der Waals surface area contributed by atoms with Gasteiger partial charge in [0.15, 0.2) is 0 Å². The molecule has 1 heterocycles. The molecule has 148 valence electrons. The lowest BCUT2D eigenvalue weighted by atomic mass is 9.86. The van der Waals surface area contributed by atoms with Gasteiger partial charge in [0.05, 0.1) is 11.4 Å². The minimum atomic E-state index is 0.0852. The summed E-state index contributed by atoms with van der Waals surface area (Å²) in [4.78, 5) is 9.86. The van der Waals surface area contributed by atoms with Gasteiger partial charge in [0.2, 0.25) is 0 Å². The van der Waals surface area contributed by atoms with E-state index in [4.69, 9.17) is 9.98 Å². The molecule has 2 aromatic carbocycles. The fourth-order valence-electron chi connectivity index (χ4n) is 3.85. The first kappa shape index (κ1) is 20.5. The first-order valence-corrected chi connectivity index (χ1v) is 10.4. The van der Waals surface area contributed by atoms with Gasteiger partial charge in [-0.1, -0.05) is 57.2 Å². The van der Waals surface area contributed by atoms with Gasteiger partial charge >= 0.3 is 0 Å². The first-order chi connectivity index (χ1) is 13.3. The maximum Gasteiger partial charge on any atom is 0.0666 e. The van der Waals surface area contributed by atoms with Gasteiger partial charge in [0.1, 0.15) is 0 Å². The third kappa shape index (κ3) is 5.17. The molecule has 1 saturated heterocycles. The minimum absolute atomic E-state index is 0.0852. The summed E-state index contributed by atoms with van der Waals surface area (Å²) in [5.41, 5.74) is 5.80. The molecule has 3 rings (SSSR count). The van der Waals surface area contributed by atoms with E-state index in [0.717, 1.165) is 35.6 Å². The molecule has 2 aromatic rings. The Balaban J connectivity index is 1.77. The lowest BCUT2D eigenvalue weighted by Gasteiger charge is -2.31. The topological polar surface area (TPSA) is 36.8 Å². The predicted molar refractivity (Wildman–Crippen MR) is 122 cm³/mol. The van der Waals surface area contributed by atoms with Crippen LogP contribution in [-0.4, -0.2) is 23.5 Å². The zero-order valence-corrected chi connectivity index (χ0v) is 17.9. The Kier molecular flexibility index (Phi) is 6.46. The van der Waals surface area contributed by atoms with Crippen LogP contribution in [0.3, 0.4) is 0 Å². The van der Waals surface area contributed by atoms with Gasteiger partial charge in [-0.15, -0.1) is 0 Å². The molecule has 1 N–H and O–H groups in total. The molecule has 3 heteroatoms. The van der Waals surface area contributed by atoms with Crippen molar-refractivity contribution < 1.29 is 0 Å². The van der Waals surface area contributed by atoms with Gasteiger partial charge in [0.25, 0.3) is 0 Å². The Morgan fingerprint density at radius 3 is 2.04 bits per heavy atom. The smallest absolute Gasteiger partial charge is 0.0666 e. The lowest BCUT2D eigenvalue weighted by molar-refractivity contribution is 0.427. The lowest BCUT2D eigenvalue weighted by Crippen LogP contribution is -2.49. The molecular formula is C25H33N3. The van der Waals surface area contributed by atoms with Crippen molar-refractivity contribution in [3.63, 3.8) is 0 Å². The molecule has 0 bridgehead atoms. The summed E-state index contributed by atoms with van der Waals surface area (Å²) in [7, 11) is 0. The third-order valence-corrected chi connectivity index (χ3v) is 5.47. The van der Waals surface area contributed by atoms with E-state index in [1.54, 1.807) is 0 Å². The van der Waals surface area contributed by atoms with E-state index in [9.17, 15) is 0 Å². The quantitative estimate of drug-likeness (QED) is 0.618. The van der Waals surface area contributed by atoms with Crippen molar-refractivity contribution in [3.8, 4) is 0 Å². The van der Waals surface area contributed by atoms with Crippen LogP contribution in [0.4, 0.5) is 11.4 Å². The van der Waals surface area contributed by atoms with Crippen LogP contribution in [0.1, 0.15) is 59.4 Å². The highest BCUT2D eigenvalue weighted by Crippen LogP contribution is 2.31. The molecule has 0 aliphatic carbocycles. The van der Waals surface area contributed by atoms with Crippen molar-refractivity contribution in [2.45, 2.75) is 71.4 Å². The zero-order valence-electron chi connectivity index (χ0n) is 17.9. The largest absolute Gasteiger partial charge is 0.301 e. The maximum atomic E-state index is 5.04. The molecule has 1 aliphatic heterocycles. The van der Waals surface area contributed by atoms with Crippen LogP contribution in [0, 0.1) is 0 Å². The first-order valence-electron chi connectivity index (χ1n) is 10.4. The summed E-state index contributed by atoms with van der Waals surface area (Å²) in [5.74, 6) is 0. The molecule has 28 heavy (non-hydrogen) atoms. The Morgan fingerprint density at radius 1 is 0.821 bits per heavy atom. The molecule has 0 aromatic heterocycles. The second-order valence-electron chi connectivity index (χ2n) is 8.81. The molecule has 0 saturated carbocycles. The van der Waals surface area contributed by atoms with Crippen LogP contribution < -0.4 is 5.32 Å². The fourth-order valence-corrected chi connectivity index (χ4v) is 3.85. The maximum absolute atomic E-state index is 5.04. The van der Waals surface area contributed by atoms with Crippen molar-refractivity contribution in [1.29, 1.82) is 0 Å². The summed E-state index contributed by atoms with van der Waals surface area (Å²) in [6.07, 6.45) is 3.45. The highest BCUT2D eigenvalue weighted by atomic mass is 15.0. The highest BCUT2D eigenvalue weighted by Gasteiger charge is 2.25. The van der Waals surface area contributed by atoms with E-state index in [2.05, 4.69) is 76.3 Å². The number of para-hydroxylation sites is 2. The van der Waals surface area contributed by atoms with Crippen molar-refractivity contribution in [1.82, 2.24) is 5.32 Å². The van der Waals surface area contributed by atoms with E-state index < -0.39 is 0 Å². The standard InChI is InChI=1S/C25H33N3/c1-18(26-20-12-7-6-8-13-20)22-16-11-17-23(28-22)19(2)27-24-15-10-9-14-21(24)25(3,4)5/h6-10,12-15,22-23,28H,11,16-17H2,1-5H3/b26-18?,27-19+. The SMILES string of the molecule is CC(=Nc1ccccc1)C1CCCC(/C(C)=N/c2ccccc2C(C)(C)C)N1. The molecular weight excluding hydrogens is 342 g/mol. The van der Waals surface area contributed by atoms with Gasteiger partial charge in [-0.2, -0.15) is 0 Å². The summed E-state index contributed by atoms with van der Waals surface area (Å²) >= 11 is 0. The minimum Gasteiger partial charge on any atom is -0.301 e. The Labute approximate surface area is 170 Å². The number of benzene rings is 2. The van der Waals surface area contributed by atoms with E-state index >= 15 is 0 Å². The molecule has 0 amide bonds. The van der Waals surface area contributed by atoms with Crippen molar-refractivity contribution in [2.75, 3.05) is 0 Å². The molecule has 2 atom stereocenters. The van der Waals surface area contributed by atoms with Gasteiger partial charge in [-0.05, 0) is 62.3 Å². The highest BCUT2D eigenvalue weighted by molar-refractivity contribution is 5.93. The number of nitrogens with zero attached hydrogens (tertiary/aromatic N) is 2. The van der Waals surface area contributed by atoms with Crippen LogP contribution in [0.5, 0.6) is 0 Å². The number of hydrogen-bond donors (Lipinski definition) is 1. The summed E-state index contributed by atoms with van der Waals surface area (Å²) in [5, 5.41) is 3.79. The number of hydrogen-bond acceptors (Lipinski definition) is 3. The average molecular weight is 376 g/mol. The average Bonchev–Trinajstić information content (AvgIpc) is 2.68. The van der Waals surface area contributed by atoms with Gasteiger partial charge in [-0.25, -0.2) is 0 Å². The number of nitrogens with one attached hydrogen (secondary N) is 1. The predicted octanol–water partition coefficient (Wildman–Crippen LogP) is 6.38. The second kappa shape index (κ2) is 8.83. The van der Waals surface area contributed by atoms with Crippen molar-refractivity contribution >= 4 is 22.8 Å². The summed E-state index contributed by atoms with van der Waals surface area (Å²) in [6, 6.07) is 19.3. The Morgan fingerprint density at radius 2 is 1.39 bits per heavy atom. The van der Waals surface area contributed by atoms with Crippen LogP contribution in [0.25, 0.3) is 0 Å². The van der Waals surface area contributed by atoms with E-state index in [1.165, 1.54) is 12.0 Å². The van der Waals surface area contributed by atoms with Crippen LogP contribution in [-0.2, 0) is 5.41 Å². The van der Waals surface area contributed by atoms with Gasteiger partial charge < -0.3 is 5.32 Å². The van der Waals surface area contributed by atoms with E-state index in [1.807, 2.05) is 18.2 Å². The molecule has 2 unspecified atom stereocenters. The Hall–Kier alpha value is -2.26. The normalized spacial score (nSPS) is 21.6. The molecule has 0 spiro atoms. The van der Waals surface area contributed by atoms with Crippen molar-refractivity contribution in [3.05, 3.63) is 60.2 Å². The number of rotatable bonds is 4. The summed E-state index contributed by atoms with van der Waals surface area (Å²) < 4.78 is 0. The van der Waals surface area contributed by atoms with E-state index in [0.29, 0.717) is 12.1 Å². The number of piperidine rings is 1. The van der Waals surface area contributed by atoms with E-state index in [-0.39, 0.29) is 5.41 Å². The van der Waals surface area contributed by atoms with Crippen LogP contribution in [0.15, 0.2) is 64.6 Å². The zero-order chi connectivity index (χ0) is 20.1. The monoisotopic (exact) mass is 375 g/mol. The number of aliphatic imine (C=N–C) groups is 2. The molecule has 1 aliphatic rings. The fraction of sp³-hybridized carbons (Fsp3) is 0.440. The molecule has 0 radical (unpaired) electrons. The van der Waals surface area contributed by atoms with Crippen molar-refractivity contribution in [2.24, 2.45) is 9.98 Å². The van der Waals surface area contributed by atoms with Crippen LogP contribution in [0.2, 0.25) is 0 Å². The Bertz CT molecular complexity index is 844. The van der Waals surface area contributed by atoms with Gasteiger partial charge in [0, 0.05) is 23.5 Å². The molecule has 3 nitrogen and oxygen atoms in total. The third-order valence-electron chi connectivity index (χ3n) is 5.47. The summed E-state index contributed by atoms with van der Waals surface area (Å²) in [6.45, 7) is 11.0. The second-order valence-corrected chi connectivity index (χ2v) is 8.81. The van der Waals surface area contributed by atoms with Gasteiger partial charge in [-0.3, -0.25) is 9.98 Å².